The molecule has 31 heavy (non-hydrogen) atoms. The van der Waals surface area contributed by atoms with E-state index in [2.05, 4.69) is 26.5 Å². The minimum absolute atomic E-state index is 0.194. The van der Waals surface area contributed by atoms with Crippen molar-refractivity contribution in [3.05, 3.63) is 94.2 Å². The summed E-state index contributed by atoms with van der Waals surface area (Å²) < 4.78 is 17.6. The summed E-state index contributed by atoms with van der Waals surface area (Å²) in [6.07, 6.45) is 1.52. The first-order valence-corrected chi connectivity index (χ1v) is 10.3. The van der Waals surface area contributed by atoms with Crippen LogP contribution in [0.4, 0.5) is 0 Å². The number of hydrazone groups is 1. The van der Waals surface area contributed by atoms with E-state index in [1.54, 1.807) is 25.3 Å². The Kier molecular flexibility index (Phi) is 6.33. The number of rotatable bonds is 7. The summed E-state index contributed by atoms with van der Waals surface area (Å²) >= 11 is 3.51. The van der Waals surface area contributed by atoms with Gasteiger partial charge in [0, 0.05) is 15.4 Å². The Morgan fingerprint density at radius 2 is 1.84 bits per heavy atom. The van der Waals surface area contributed by atoms with Crippen LogP contribution in [0.2, 0.25) is 0 Å². The molecule has 6 nitrogen and oxygen atoms in total. The largest absolute Gasteiger partial charge is 0.493 e. The number of fused-ring (bicyclic) bond motifs is 1. The van der Waals surface area contributed by atoms with E-state index < -0.39 is 5.91 Å². The Labute approximate surface area is 187 Å². The second-order valence-corrected chi connectivity index (χ2v) is 7.50. The molecule has 7 heteroatoms. The molecule has 0 radical (unpaired) electrons. The lowest BCUT2D eigenvalue weighted by atomic mass is 10.2. The summed E-state index contributed by atoms with van der Waals surface area (Å²) in [7, 11) is 1.57. The SMILES string of the molecule is COc1cc(/C=N/NC(=O)c2cc3ccccc3o2)c(Br)cc1OCc1ccccc1. The summed E-state index contributed by atoms with van der Waals surface area (Å²) in [6.45, 7) is 0.421. The molecule has 0 unspecified atom stereocenters. The number of hydrogen-bond acceptors (Lipinski definition) is 5. The van der Waals surface area contributed by atoms with E-state index in [0.29, 0.717) is 29.3 Å². The molecule has 0 saturated heterocycles. The van der Waals surface area contributed by atoms with Crippen LogP contribution in [0.25, 0.3) is 11.0 Å². The lowest BCUT2D eigenvalue weighted by Crippen LogP contribution is -2.16. The summed E-state index contributed by atoms with van der Waals surface area (Å²) in [5.74, 6) is 0.920. The first-order chi connectivity index (χ1) is 15.1. The number of amides is 1. The fraction of sp³-hybridized carbons (Fsp3) is 0.0833. The molecule has 0 spiro atoms. The normalized spacial score (nSPS) is 11.0. The number of ether oxygens (including phenoxy) is 2. The Bertz CT molecular complexity index is 1200. The minimum atomic E-state index is -0.432. The zero-order valence-electron chi connectivity index (χ0n) is 16.7. The van der Waals surface area contributed by atoms with Crippen molar-refractivity contribution in [3.8, 4) is 11.5 Å². The van der Waals surface area contributed by atoms with Crippen molar-refractivity contribution in [2.75, 3.05) is 7.11 Å². The first kappa shape index (κ1) is 20.7. The zero-order chi connectivity index (χ0) is 21.6. The molecule has 3 aromatic carbocycles. The van der Waals surface area contributed by atoms with Gasteiger partial charge in [-0.1, -0.05) is 48.5 Å². The molecular weight excluding hydrogens is 460 g/mol. The van der Waals surface area contributed by atoms with Crippen LogP contribution in [0, 0.1) is 0 Å². The smallest absolute Gasteiger partial charge is 0.307 e. The number of furan rings is 1. The monoisotopic (exact) mass is 478 g/mol. The first-order valence-electron chi connectivity index (χ1n) is 9.50. The number of halogens is 1. The van der Waals surface area contributed by atoms with Gasteiger partial charge in [-0.3, -0.25) is 4.79 Å². The van der Waals surface area contributed by atoms with Crippen LogP contribution in [0.1, 0.15) is 21.7 Å². The summed E-state index contributed by atoms with van der Waals surface area (Å²) in [5, 5.41) is 4.89. The number of nitrogens with one attached hydrogen (secondary N) is 1. The maximum absolute atomic E-state index is 12.3. The fourth-order valence-corrected chi connectivity index (χ4v) is 3.39. The van der Waals surface area contributed by atoms with Crippen molar-refractivity contribution in [2.24, 2.45) is 5.10 Å². The van der Waals surface area contributed by atoms with Gasteiger partial charge in [-0.15, -0.1) is 0 Å². The average Bonchev–Trinajstić information content (AvgIpc) is 3.24. The molecule has 1 N–H and O–H groups in total. The Morgan fingerprint density at radius 1 is 1.06 bits per heavy atom. The van der Waals surface area contributed by atoms with Gasteiger partial charge in [0.2, 0.25) is 0 Å². The molecule has 1 heterocycles. The van der Waals surface area contributed by atoms with Gasteiger partial charge in [-0.25, -0.2) is 5.43 Å². The summed E-state index contributed by atoms with van der Waals surface area (Å²) in [5.41, 5.74) is 4.90. The highest BCUT2D eigenvalue weighted by atomic mass is 79.9. The van der Waals surface area contributed by atoms with E-state index in [0.717, 1.165) is 15.4 Å². The predicted octanol–water partition coefficient (Wildman–Crippen LogP) is 5.55. The van der Waals surface area contributed by atoms with Crippen molar-refractivity contribution < 1.29 is 18.7 Å². The van der Waals surface area contributed by atoms with Gasteiger partial charge in [-0.2, -0.15) is 5.10 Å². The van der Waals surface area contributed by atoms with Gasteiger partial charge in [-0.05, 0) is 45.8 Å². The standard InChI is InChI=1S/C24H19BrN2O4/c1-29-21-12-18(19(25)13-22(21)30-15-16-7-3-2-4-8-16)14-26-27-24(28)23-11-17-9-5-6-10-20(17)31-23/h2-14H,15H2,1H3,(H,27,28)/b26-14+. The molecule has 0 atom stereocenters. The zero-order valence-corrected chi connectivity index (χ0v) is 18.3. The Hall–Kier alpha value is -3.58. The molecule has 0 aliphatic carbocycles. The third kappa shape index (κ3) is 4.95. The van der Waals surface area contributed by atoms with Crippen LogP contribution in [0.15, 0.2) is 86.8 Å². The molecule has 0 aliphatic heterocycles. The molecule has 0 saturated carbocycles. The third-order valence-electron chi connectivity index (χ3n) is 4.54. The lowest BCUT2D eigenvalue weighted by Gasteiger charge is -2.12. The molecular formula is C24H19BrN2O4. The van der Waals surface area contributed by atoms with Crippen LogP contribution in [-0.2, 0) is 6.61 Å². The maximum Gasteiger partial charge on any atom is 0.307 e. The van der Waals surface area contributed by atoms with E-state index in [1.165, 1.54) is 6.21 Å². The third-order valence-corrected chi connectivity index (χ3v) is 5.23. The second-order valence-electron chi connectivity index (χ2n) is 6.65. The van der Waals surface area contributed by atoms with Crippen molar-refractivity contribution in [1.82, 2.24) is 5.43 Å². The Balaban J connectivity index is 1.44. The highest BCUT2D eigenvalue weighted by Crippen LogP contribution is 2.33. The van der Waals surface area contributed by atoms with Crippen LogP contribution >= 0.6 is 15.9 Å². The van der Waals surface area contributed by atoms with E-state index in [9.17, 15) is 4.79 Å². The molecule has 4 aromatic rings. The minimum Gasteiger partial charge on any atom is -0.493 e. The van der Waals surface area contributed by atoms with Crippen molar-refractivity contribution >= 4 is 39.0 Å². The van der Waals surface area contributed by atoms with E-state index in [1.807, 2.05) is 54.6 Å². The molecule has 1 amide bonds. The molecule has 0 fully saturated rings. The van der Waals surface area contributed by atoms with Crippen LogP contribution in [0.5, 0.6) is 11.5 Å². The van der Waals surface area contributed by atoms with Gasteiger partial charge >= 0.3 is 5.91 Å². The van der Waals surface area contributed by atoms with E-state index >= 15 is 0 Å². The van der Waals surface area contributed by atoms with Gasteiger partial charge in [0.25, 0.3) is 0 Å². The van der Waals surface area contributed by atoms with Gasteiger partial charge in [0.1, 0.15) is 12.2 Å². The van der Waals surface area contributed by atoms with Crippen LogP contribution < -0.4 is 14.9 Å². The van der Waals surface area contributed by atoms with Crippen LogP contribution in [0.3, 0.4) is 0 Å². The Morgan fingerprint density at radius 3 is 2.61 bits per heavy atom. The predicted molar refractivity (Wildman–Crippen MR) is 123 cm³/mol. The van der Waals surface area contributed by atoms with Crippen molar-refractivity contribution in [2.45, 2.75) is 6.61 Å². The molecule has 4 rings (SSSR count). The van der Waals surface area contributed by atoms with Crippen molar-refractivity contribution in [1.29, 1.82) is 0 Å². The highest BCUT2D eigenvalue weighted by Gasteiger charge is 2.12. The topological polar surface area (TPSA) is 73.1 Å². The molecule has 1 aromatic heterocycles. The number of hydrogen-bond donors (Lipinski definition) is 1. The van der Waals surface area contributed by atoms with Gasteiger partial charge in [0.15, 0.2) is 17.3 Å². The van der Waals surface area contributed by atoms with E-state index in [4.69, 9.17) is 13.9 Å². The van der Waals surface area contributed by atoms with Gasteiger partial charge < -0.3 is 13.9 Å². The molecule has 0 bridgehead atoms. The summed E-state index contributed by atoms with van der Waals surface area (Å²) in [4.78, 5) is 12.3. The number of nitrogens with zero attached hydrogens (tertiary/aromatic N) is 1. The van der Waals surface area contributed by atoms with Crippen molar-refractivity contribution in [3.63, 3.8) is 0 Å². The van der Waals surface area contributed by atoms with Crippen LogP contribution in [-0.4, -0.2) is 19.2 Å². The fourth-order valence-electron chi connectivity index (χ4n) is 2.97. The number of para-hydroxylation sites is 1. The quantitative estimate of drug-likeness (QED) is 0.279. The molecule has 0 aliphatic rings. The average molecular weight is 479 g/mol. The maximum atomic E-state index is 12.3. The van der Waals surface area contributed by atoms with E-state index in [-0.39, 0.29) is 5.76 Å². The highest BCUT2D eigenvalue weighted by molar-refractivity contribution is 9.10. The summed E-state index contributed by atoms with van der Waals surface area (Å²) in [6, 6.07) is 22.6. The number of carbonyl (C=O) groups is 1. The number of carbonyl (C=O) groups excluding carboxylic acids is 1. The number of methoxy groups -OCH3 is 1. The molecule has 156 valence electrons. The lowest BCUT2D eigenvalue weighted by molar-refractivity contribution is 0.0929. The second kappa shape index (κ2) is 9.49. The van der Waals surface area contributed by atoms with Gasteiger partial charge in [0.05, 0.1) is 13.3 Å². The number of benzene rings is 3.